The van der Waals surface area contributed by atoms with Crippen LogP contribution >= 0.6 is 12.2 Å². The second kappa shape index (κ2) is 5.95. The van der Waals surface area contributed by atoms with Crippen molar-refractivity contribution in [3.8, 4) is 0 Å². The third kappa shape index (κ3) is 3.98. The van der Waals surface area contributed by atoms with Crippen molar-refractivity contribution in [1.29, 1.82) is 0 Å². The Labute approximate surface area is 122 Å². The highest BCUT2D eigenvalue weighted by Crippen LogP contribution is 2.13. The van der Waals surface area contributed by atoms with Gasteiger partial charge >= 0.3 is 0 Å². The first kappa shape index (κ1) is 14.4. The molecule has 1 aromatic heterocycles. The summed E-state index contributed by atoms with van der Waals surface area (Å²) in [4.78, 5) is 4.12. The summed E-state index contributed by atoms with van der Waals surface area (Å²) in [6.07, 6.45) is 1.64. The molecule has 0 atom stereocenters. The quantitative estimate of drug-likeness (QED) is 0.744. The average molecular weight is 308 g/mol. The van der Waals surface area contributed by atoms with Crippen LogP contribution in [0.25, 0.3) is 0 Å². The second-order valence-corrected chi connectivity index (χ2v) is 5.83. The fourth-order valence-corrected chi connectivity index (χ4v) is 2.18. The number of pyridine rings is 1. The van der Waals surface area contributed by atoms with Gasteiger partial charge in [0, 0.05) is 11.9 Å². The topological polar surface area (TPSA) is 97.1 Å². The van der Waals surface area contributed by atoms with Crippen LogP contribution in [0.1, 0.15) is 0 Å². The number of primary sulfonamides is 1. The van der Waals surface area contributed by atoms with Gasteiger partial charge in [-0.25, -0.2) is 18.5 Å². The van der Waals surface area contributed by atoms with Gasteiger partial charge in [-0.05, 0) is 48.6 Å². The molecule has 0 amide bonds. The molecule has 0 aliphatic heterocycles. The number of thiocarbonyl (C=S) groups is 1. The zero-order valence-electron chi connectivity index (χ0n) is 10.3. The van der Waals surface area contributed by atoms with Crippen molar-refractivity contribution in [2.75, 3.05) is 10.6 Å². The van der Waals surface area contributed by atoms with Gasteiger partial charge in [-0.15, -0.1) is 0 Å². The Hall–Kier alpha value is -2.03. The summed E-state index contributed by atoms with van der Waals surface area (Å²) in [7, 11) is -3.68. The molecule has 1 heterocycles. The van der Waals surface area contributed by atoms with Crippen molar-refractivity contribution in [2.45, 2.75) is 4.90 Å². The molecule has 0 aliphatic carbocycles. The van der Waals surface area contributed by atoms with Gasteiger partial charge in [0.2, 0.25) is 10.0 Å². The molecule has 2 rings (SSSR count). The molecule has 104 valence electrons. The van der Waals surface area contributed by atoms with Crippen LogP contribution < -0.4 is 15.8 Å². The molecule has 0 bridgehead atoms. The van der Waals surface area contributed by atoms with E-state index in [0.29, 0.717) is 16.6 Å². The Morgan fingerprint density at radius 1 is 1.10 bits per heavy atom. The van der Waals surface area contributed by atoms with Crippen LogP contribution in [0.5, 0.6) is 0 Å². The maximum Gasteiger partial charge on any atom is 0.238 e. The molecular weight excluding hydrogens is 296 g/mol. The van der Waals surface area contributed by atoms with E-state index >= 15 is 0 Å². The summed E-state index contributed by atoms with van der Waals surface area (Å²) < 4.78 is 22.2. The Balaban J connectivity index is 2.02. The fourth-order valence-electron chi connectivity index (χ4n) is 1.44. The van der Waals surface area contributed by atoms with Gasteiger partial charge in [-0.3, -0.25) is 0 Å². The van der Waals surface area contributed by atoms with Gasteiger partial charge in [-0.2, -0.15) is 0 Å². The van der Waals surface area contributed by atoms with Crippen molar-refractivity contribution in [3.63, 3.8) is 0 Å². The van der Waals surface area contributed by atoms with Gasteiger partial charge in [0.05, 0.1) is 4.90 Å². The molecule has 0 fully saturated rings. The first-order valence-electron chi connectivity index (χ1n) is 5.57. The number of nitrogens with zero attached hydrogens (tertiary/aromatic N) is 1. The number of benzene rings is 1. The Bertz CT molecular complexity index is 700. The van der Waals surface area contributed by atoms with Crippen molar-refractivity contribution in [3.05, 3.63) is 48.7 Å². The van der Waals surface area contributed by atoms with E-state index in [0.717, 1.165) is 0 Å². The van der Waals surface area contributed by atoms with Crippen molar-refractivity contribution in [1.82, 2.24) is 4.98 Å². The largest absolute Gasteiger partial charge is 0.332 e. The first-order chi connectivity index (χ1) is 9.45. The van der Waals surface area contributed by atoms with E-state index in [-0.39, 0.29) is 4.90 Å². The molecule has 0 saturated heterocycles. The summed E-state index contributed by atoms with van der Waals surface area (Å²) in [5, 5.41) is 11.2. The lowest BCUT2D eigenvalue weighted by Crippen LogP contribution is -2.19. The van der Waals surface area contributed by atoms with Gasteiger partial charge < -0.3 is 10.6 Å². The number of anilines is 2. The number of rotatable bonds is 3. The maximum absolute atomic E-state index is 11.1. The molecule has 0 spiro atoms. The lowest BCUT2D eigenvalue weighted by atomic mass is 10.3. The molecule has 2 aromatic rings. The Kier molecular flexibility index (Phi) is 4.28. The number of nitrogens with one attached hydrogen (secondary N) is 2. The van der Waals surface area contributed by atoms with Crippen molar-refractivity contribution >= 4 is 38.9 Å². The molecule has 0 saturated carbocycles. The summed E-state index contributed by atoms with van der Waals surface area (Å²) in [5.41, 5.74) is 0.644. The molecule has 1 aromatic carbocycles. The van der Waals surface area contributed by atoms with Gasteiger partial charge in [0.1, 0.15) is 5.82 Å². The summed E-state index contributed by atoms with van der Waals surface area (Å²) >= 11 is 5.12. The maximum atomic E-state index is 11.1. The lowest BCUT2D eigenvalue weighted by molar-refractivity contribution is 0.598. The number of hydrogen-bond donors (Lipinski definition) is 3. The zero-order chi connectivity index (χ0) is 14.6. The Morgan fingerprint density at radius 2 is 1.80 bits per heavy atom. The third-order valence-electron chi connectivity index (χ3n) is 2.35. The summed E-state index contributed by atoms with van der Waals surface area (Å²) in [6, 6.07) is 11.4. The number of hydrogen-bond acceptors (Lipinski definition) is 4. The monoisotopic (exact) mass is 308 g/mol. The standard InChI is InChI=1S/C12H12N4O2S2/c13-20(17,18)10-6-4-9(5-7-10)15-12(19)16-11-3-1-2-8-14-11/h1-8H,(H2,13,17,18)(H2,14,15,16,19). The number of nitrogens with two attached hydrogens (primary N) is 1. The number of sulfonamides is 1. The first-order valence-corrected chi connectivity index (χ1v) is 7.52. The molecule has 4 N–H and O–H groups in total. The molecule has 8 heteroatoms. The zero-order valence-corrected chi connectivity index (χ0v) is 11.9. The summed E-state index contributed by atoms with van der Waals surface area (Å²) in [6.45, 7) is 0. The van der Waals surface area contributed by atoms with E-state index in [1.807, 2.05) is 6.07 Å². The molecule has 0 radical (unpaired) electrons. The van der Waals surface area contributed by atoms with Crippen LogP contribution in [0.4, 0.5) is 11.5 Å². The molecule has 0 aliphatic rings. The predicted octanol–water partition coefficient (Wildman–Crippen LogP) is 1.54. The lowest BCUT2D eigenvalue weighted by Gasteiger charge is -2.10. The van der Waals surface area contributed by atoms with Crippen LogP contribution in [0.15, 0.2) is 53.6 Å². The predicted molar refractivity (Wildman–Crippen MR) is 81.9 cm³/mol. The normalized spacial score (nSPS) is 10.8. The van der Waals surface area contributed by atoms with Crippen LogP contribution in [0.3, 0.4) is 0 Å². The highest BCUT2D eigenvalue weighted by molar-refractivity contribution is 7.89. The average Bonchev–Trinajstić information content (AvgIpc) is 2.39. The van der Waals surface area contributed by atoms with E-state index in [1.165, 1.54) is 12.1 Å². The number of aromatic nitrogens is 1. The molecule has 0 unspecified atom stereocenters. The highest BCUT2D eigenvalue weighted by atomic mass is 32.2. The minimum absolute atomic E-state index is 0.0478. The van der Waals surface area contributed by atoms with Gasteiger partial charge in [0.15, 0.2) is 5.11 Å². The van der Waals surface area contributed by atoms with Crippen LogP contribution in [-0.2, 0) is 10.0 Å². The van der Waals surface area contributed by atoms with Crippen LogP contribution in [0, 0.1) is 0 Å². The smallest absolute Gasteiger partial charge is 0.238 e. The van der Waals surface area contributed by atoms with Crippen LogP contribution in [0.2, 0.25) is 0 Å². The van der Waals surface area contributed by atoms with Gasteiger partial charge in [-0.1, -0.05) is 6.07 Å². The SMILES string of the molecule is NS(=O)(=O)c1ccc(NC(=S)Nc2ccccn2)cc1. The van der Waals surface area contributed by atoms with E-state index in [4.69, 9.17) is 17.4 Å². The van der Waals surface area contributed by atoms with Gasteiger partial charge in [0.25, 0.3) is 0 Å². The second-order valence-electron chi connectivity index (χ2n) is 3.86. The highest BCUT2D eigenvalue weighted by Gasteiger charge is 2.07. The van der Waals surface area contributed by atoms with E-state index in [2.05, 4.69) is 15.6 Å². The van der Waals surface area contributed by atoms with E-state index in [1.54, 1.807) is 30.5 Å². The van der Waals surface area contributed by atoms with Crippen molar-refractivity contribution in [2.24, 2.45) is 5.14 Å². The van der Waals surface area contributed by atoms with E-state index < -0.39 is 10.0 Å². The van der Waals surface area contributed by atoms with Crippen molar-refractivity contribution < 1.29 is 8.42 Å². The third-order valence-corrected chi connectivity index (χ3v) is 3.48. The molecular formula is C12H12N4O2S2. The fraction of sp³-hybridized carbons (Fsp3) is 0. The molecule has 6 nitrogen and oxygen atoms in total. The van der Waals surface area contributed by atoms with Crippen LogP contribution in [-0.4, -0.2) is 18.5 Å². The Morgan fingerprint density at radius 3 is 2.35 bits per heavy atom. The minimum Gasteiger partial charge on any atom is -0.332 e. The minimum atomic E-state index is -3.68. The van der Waals surface area contributed by atoms with E-state index in [9.17, 15) is 8.42 Å². The summed E-state index contributed by atoms with van der Waals surface area (Å²) in [5.74, 6) is 0.617. The molecule has 20 heavy (non-hydrogen) atoms.